The fourth-order valence-electron chi connectivity index (χ4n) is 4.16. The van der Waals surface area contributed by atoms with E-state index in [0.29, 0.717) is 44.6 Å². The number of hydrogen-bond acceptors (Lipinski definition) is 5. The van der Waals surface area contributed by atoms with Crippen LogP contribution in [0, 0.1) is 0 Å². The van der Waals surface area contributed by atoms with Crippen LogP contribution in [0.15, 0.2) is 53.7 Å². The second kappa shape index (κ2) is 7.18. The molecule has 8 heteroatoms. The Hall–Kier alpha value is -2.45. The summed E-state index contributed by atoms with van der Waals surface area (Å²) in [4.78, 5) is 18.7. The van der Waals surface area contributed by atoms with E-state index >= 15 is 0 Å². The number of carbonyl (C=O) groups excluding carboxylic acids is 1. The zero-order valence-electron chi connectivity index (χ0n) is 15.7. The Bertz CT molecular complexity index is 980. The summed E-state index contributed by atoms with van der Waals surface area (Å²) in [6.45, 7) is 1.21. The number of sulfonamides is 1. The maximum Gasteiger partial charge on any atom is 0.243 e. The van der Waals surface area contributed by atoms with Crippen LogP contribution in [-0.2, 0) is 21.4 Å². The number of benzene rings is 1. The average Bonchev–Trinajstić information content (AvgIpc) is 3.29. The normalized spacial score (nSPS) is 22.9. The van der Waals surface area contributed by atoms with Gasteiger partial charge in [0, 0.05) is 44.5 Å². The van der Waals surface area contributed by atoms with Crippen molar-refractivity contribution in [3.63, 3.8) is 0 Å². The number of methoxy groups -OCH3 is 1. The summed E-state index contributed by atoms with van der Waals surface area (Å²) in [6.07, 6.45) is 5.19. The number of carbonyl (C=O) groups is 1. The predicted octanol–water partition coefficient (Wildman–Crippen LogP) is 2.05. The van der Waals surface area contributed by atoms with Crippen molar-refractivity contribution in [3.8, 4) is 5.75 Å². The third-order valence-electron chi connectivity index (χ3n) is 5.74. The molecule has 0 saturated carbocycles. The molecule has 2 aliphatic heterocycles. The van der Waals surface area contributed by atoms with Crippen molar-refractivity contribution in [2.24, 2.45) is 0 Å². The quantitative estimate of drug-likeness (QED) is 0.766. The summed E-state index contributed by atoms with van der Waals surface area (Å²) >= 11 is 0. The maximum absolute atomic E-state index is 13.1. The Labute approximate surface area is 165 Å². The van der Waals surface area contributed by atoms with Gasteiger partial charge in [-0.25, -0.2) is 8.42 Å². The fourth-order valence-corrected chi connectivity index (χ4v) is 5.72. The van der Waals surface area contributed by atoms with Gasteiger partial charge in [0.05, 0.1) is 17.5 Å². The Balaban J connectivity index is 1.58. The molecule has 0 N–H and O–H groups in total. The first-order chi connectivity index (χ1) is 13.4. The predicted molar refractivity (Wildman–Crippen MR) is 103 cm³/mol. The summed E-state index contributed by atoms with van der Waals surface area (Å²) < 4.78 is 33.0. The number of rotatable bonds is 5. The van der Waals surface area contributed by atoms with E-state index < -0.39 is 15.6 Å². The van der Waals surface area contributed by atoms with Gasteiger partial charge in [0.2, 0.25) is 15.9 Å². The van der Waals surface area contributed by atoms with E-state index in [1.54, 1.807) is 30.6 Å². The molecular weight excluding hydrogens is 378 g/mol. The zero-order valence-corrected chi connectivity index (χ0v) is 16.6. The van der Waals surface area contributed by atoms with Crippen molar-refractivity contribution in [3.05, 3.63) is 54.4 Å². The first kappa shape index (κ1) is 18.9. The van der Waals surface area contributed by atoms with Gasteiger partial charge >= 0.3 is 0 Å². The number of pyridine rings is 1. The lowest BCUT2D eigenvalue weighted by Crippen LogP contribution is -2.47. The lowest BCUT2D eigenvalue weighted by molar-refractivity contribution is -0.131. The van der Waals surface area contributed by atoms with Crippen molar-refractivity contribution in [1.82, 2.24) is 14.2 Å². The van der Waals surface area contributed by atoms with Crippen molar-refractivity contribution in [2.75, 3.05) is 20.2 Å². The van der Waals surface area contributed by atoms with Crippen molar-refractivity contribution < 1.29 is 17.9 Å². The van der Waals surface area contributed by atoms with Gasteiger partial charge in [-0.05, 0) is 42.7 Å². The highest BCUT2D eigenvalue weighted by molar-refractivity contribution is 7.89. The molecule has 28 heavy (non-hydrogen) atoms. The van der Waals surface area contributed by atoms with Crippen LogP contribution in [0.1, 0.15) is 24.8 Å². The van der Waals surface area contributed by atoms with Crippen molar-refractivity contribution >= 4 is 15.9 Å². The van der Waals surface area contributed by atoms with E-state index in [4.69, 9.17) is 4.74 Å². The van der Waals surface area contributed by atoms with Crippen LogP contribution in [-0.4, -0.2) is 54.3 Å². The Morgan fingerprint density at radius 3 is 2.71 bits per heavy atom. The first-order valence-electron chi connectivity index (χ1n) is 9.28. The van der Waals surface area contributed by atoms with E-state index in [1.165, 1.54) is 17.5 Å². The van der Waals surface area contributed by atoms with Crippen LogP contribution in [0.5, 0.6) is 5.75 Å². The van der Waals surface area contributed by atoms with Crippen molar-refractivity contribution in [1.29, 1.82) is 0 Å². The second-order valence-electron chi connectivity index (χ2n) is 7.33. The van der Waals surface area contributed by atoms with Crippen LogP contribution < -0.4 is 4.74 Å². The molecule has 2 fully saturated rings. The molecule has 7 nitrogen and oxygen atoms in total. The van der Waals surface area contributed by atoms with E-state index in [1.807, 2.05) is 17.0 Å². The molecule has 0 bridgehead atoms. The monoisotopic (exact) mass is 401 g/mol. The van der Waals surface area contributed by atoms with Crippen LogP contribution >= 0.6 is 0 Å². The number of nitrogens with zero attached hydrogens (tertiary/aromatic N) is 3. The second-order valence-corrected chi connectivity index (χ2v) is 9.27. The highest BCUT2D eigenvalue weighted by atomic mass is 32.2. The van der Waals surface area contributed by atoms with Gasteiger partial charge < -0.3 is 9.64 Å². The van der Waals surface area contributed by atoms with E-state index in [-0.39, 0.29) is 10.8 Å². The molecule has 1 unspecified atom stereocenters. The minimum absolute atomic E-state index is 0.0810. The molecule has 0 aliphatic carbocycles. The third kappa shape index (κ3) is 3.27. The van der Waals surface area contributed by atoms with Gasteiger partial charge in [-0.1, -0.05) is 6.07 Å². The number of aromatic nitrogens is 1. The number of amides is 1. The minimum atomic E-state index is -3.64. The Morgan fingerprint density at radius 1 is 1.18 bits per heavy atom. The molecular formula is C20H23N3O4S. The zero-order chi connectivity index (χ0) is 19.8. The summed E-state index contributed by atoms with van der Waals surface area (Å²) in [5, 5.41) is 0. The standard InChI is InChI=1S/C20H23N3O4S/c1-27-17-3-2-4-18(13-17)28(25,26)22-12-9-20(15-22)8-5-19(24)23(20)14-16-6-10-21-11-7-16/h2-4,6-7,10-11,13H,5,8-9,12,14-15H2,1H3. The summed E-state index contributed by atoms with van der Waals surface area (Å²) in [6, 6.07) is 10.3. The number of ether oxygens (including phenoxy) is 1. The molecule has 1 aromatic heterocycles. The minimum Gasteiger partial charge on any atom is -0.497 e. The van der Waals surface area contributed by atoms with E-state index in [0.717, 1.165) is 5.56 Å². The summed E-state index contributed by atoms with van der Waals surface area (Å²) in [5.41, 5.74) is 0.561. The average molecular weight is 401 g/mol. The molecule has 1 amide bonds. The molecule has 1 aromatic carbocycles. The van der Waals surface area contributed by atoms with Gasteiger partial charge in [-0.2, -0.15) is 4.31 Å². The number of likely N-dealkylation sites (tertiary alicyclic amines) is 1. The summed E-state index contributed by atoms with van der Waals surface area (Å²) in [5.74, 6) is 0.586. The smallest absolute Gasteiger partial charge is 0.243 e. The lowest BCUT2D eigenvalue weighted by atomic mass is 9.95. The lowest BCUT2D eigenvalue weighted by Gasteiger charge is -2.35. The Kier molecular flexibility index (Phi) is 4.84. The van der Waals surface area contributed by atoms with Crippen molar-refractivity contribution in [2.45, 2.75) is 36.2 Å². The van der Waals surface area contributed by atoms with Crippen LogP contribution in [0.2, 0.25) is 0 Å². The van der Waals surface area contributed by atoms with Crippen LogP contribution in [0.3, 0.4) is 0 Å². The molecule has 1 spiro atoms. The maximum atomic E-state index is 13.1. The largest absolute Gasteiger partial charge is 0.497 e. The Morgan fingerprint density at radius 2 is 1.96 bits per heavy atom. The molecule has 2 aliphatic rings. The summed E-state index contributed by atoms with van der Waals surface area (Å²) in [7, 11) is -2.13. The fraction of sp³-hybridized carbons (Fsp3) is 0.400. The van der Waals surface area contributed by atoms with Crippen LogP contribution in [0.25, 0.3) is 0 Å². The molecule has 2 saturated heterocycles. The SMILES string of the molecule is COc1cccc(S(=O)(=O)N2CCC3(CCC(=O)N3Cc3ccncc3)C2)c1. The molecule has 2 aromatic rings. The molecule has 4 rings (SSSR count). The molecule has 3 heterocycles. The van der Waals surface area contributed by atoms with Crippen LogP contribution in [0.4, 0.5) is 0 Å². The van der Waals surface area contributed by atoms with E-state index in [2.05, 4.69) is 4.98 Å². The van der Waals surface area contributed by atoms with Gasteiger partial charge in [0.15, 0.2) is 0 Å². The highest BCUT2D eigenvalue weighted by Gasteiger charge is 2.51. The first-order valence-corrected chi connectivity index (χ1v) is 10.7. The molecule has 1 atom stereocenters. The third-order valence-corrected chi connectivity index (χ3v) is 7.59. The molecule has 148 valence electrons. The highest BCUT2D eigenvalue weighted by Crippen LogP contribution is 2.41. The van der Waals surface area contributed by atoms with Gasteiger partial charge in [-0.15, -0.1) is 0 Å². The number of hydrogen-bond donors (Lipinski definition) is 0. The van der Waals surface area contributed by atoms with Gasteiger partial charge in [0.25, 0.3) is 0 Å². The van der Waals surface area contributed by atoms with Gasteiger partial charge in [0.1, 0.15) is 5.75 Å². The van der Waals surface area contributed by atoms with Gasteiger partial charge in [-0.3, -0.25) is 9.78 Å². The molecule has 0 radical (unpaired) electrons. The topological polar surface area (TPSA) is 79.8 Å². The van der Waals surface area contributed by atoms with E-state index in [9.17, 15) is 13.2 Å².